The summed E-state index contributed by atoms with van der Waals surface area (Å²) in [6, 6.07) is 30.4. The van der Waals surface area contributed by atoms with Gasteiger partial charge in [-0.25, -0.2) is 0 Å². The summed E-state index contributed by atoms with van der Waals surface area (Å²) in [4.78, 5) is 0. The number of rotatable bonds is 15. The minimum Gasteiger partial charge on any atom is -0.414 e. The SMILES string of the molecule is C=CCO[C@@H]1O[C@@H](CO[Si](C)(C)C(C)(C)C)[C@H](OCc2ccccc2)[C@@H](OCc2ccccc2)[C@@H]1OCc1ccccc1. The van der Waals surface area contributed by atoms with Crippen molar-refractivity contribution >= 4 is 8.32 Å². The molecule has 4 rings (SSSR count). The summed E-state index contributed by atoms with van der Waals surface area (Å²) in [6.45, 7) is 16.9. The Morgan fingerprint density at radius 1 is 0.674 bits per heavy atom. The van der Waals surface area contributed by atoms with Gasteiger partial charge in [-0.05, 0) is 34.8 Å². The summed E-state index contributed by atoms with van der Waals surface area (Å²) in [7, 11) is -2.09. The molecule has 0 aromatic heterocycles. The van der Waals surface area contributed by atoms with Crippen molar-refractivity contribution in [1.29, 1.82) is 0 Å². The fraction of sp³-hybridized carbons (Fsp3) is 0.444. The second-order valence-electron chi connectivity index (χ2n) is 12.5. The first-order chi connectivity index (χ1) is 20.7. The van der Waals surface area contributed by atoms with Crippen LogP contribution in [0.2, 0.25) is 18.1 Å². The molecule has 1 saturated heterocycles. The van der Waals surface area contributed by atoms with E-state index in [-0.39, 0.29) is 5.04 Å². The maximum atomic E-state index is 6.73. The van der Waals surface area contributed by atoms with Crippen molar-refractivity contribution in [1.82, 2.24) is 0 Å². The quantitative estimate of drug-likeness (QED) is 0.131. The summed E-state index contributed by atoms with van der Waals surface area (Å²) >= 11 is 0. The molecule has 7 heteroatoms. The van der Waals surface area contributed by atoms with E-state index in [0.29, 0.717) is 33.0 Å². The summed E-state index contributed by atoms with van der Waals surface area (Å²) in [5, 5.41) is 0.0470. The largest absolute Gasteiger partial charge is 0.414 e. The zero-order chi connectivity index (χ0) is 30.7. The highest BCUT2D eigenvalue weighted by Crippen LogP contribution is 2.38. The van der Waals surface area contributed by atoms with Gasteiger partial charge in [0.1, 0.15) is 24.4 Å². The average molecular weight is 605 g/mol. The van der Waals surface area contributed by atoms with Crippen molar-refractivity contribution in [2.75, 3.05) is 13.2 Å². The Hall–Kier alpha value is -2.62. The van der Waals surface area contributed by atoms with Crippen molar-refractivity contribution in [2.24, 2.45) is 0 Å². The summed E-state index contributed by atoms with van der Waals surface area (Å²) < 4.78 is 39.6. The third-order valence-electron chi connectivity index (χ3n) is 8.24. The van der Waals surface area contributed by atoms with Gasteiger partial charge in [0.25, 0.3) is 0 Å². The van der Waals surface area contributed by atoms with Crippen LogP contribution in [-0.2, 0) is 47.9 Å². The predicted molar refractivity (Wildman–Crippen MR) is 173 cm³/mol. The van der Waals surface area contributed by atoms with E-state index >= 15 is 0 Å². The molecule has 0 bridgehead atoms. The number of hydrogen-bond donors (Lipinski definition) is 0. The smallest absolute Gasteiger partial charge is 0.192 e. The van der Waals surface area contributed by atoms with E-state index in [1.807, 2.05) is 66.7 Å². The molecule has 0 radical (unpaired) electrons. The van der Waals surface area contributed by atoms with Crippen molar-refractivity contribution in [3.05, 3.63) is 120 Å². The summed E-state index contributed by atoms with van der Waals surface area (Å²) in [5.74, 6) is 0. The van der Waals surface area contributed by atoms with Crippen LogP contribution in [0, 0.1) is 0 Å². The third-order valence-corrected chi connectivity index (χ3v) is 12.7. The zero-order valence-electron chi connectivity index (χ0n) is 26.3. The molecule has 1 fully saturated rings. The monoisotopic (exact) mass is 604 g/mol. The van der Waals surface area contributed by atoms with Gasteiger partial charge in [-0.2, -0.15) is 0 Å². The van der Waals surface area contributed by atoms with Gasteiger partial charge in [0.2, 0.25) is 0 Å². The van der Waals surface area contributed by atoms with Crippen molar-refractivity contribution in [3.63, 3.8) is 0 Å². The Morgan fingerprint density at radius 3 is 1.56 bits per heavy atom. The molecule has 5 atom stereocenters. The molecule has 0 spiro atoms. The van der Waals surface area contributed by atoms with Gasteiger partial charge in [0.15, 0.2) is 14.6 Å². The van der Waals surface area contributed by atoms with Crippen LogP contribution in [0.5, 0.6) is 0 Å². The Bertz CT molecular complexity index is 1210. The zero-order valence-corrected chi connectivity index (χ0v) is 27.3. The number of benzene rings is 3. The molecule has 0 unspecified atom stereocenters. The molecule has 3 aromatic carbocycles. The molecule has 1 aliphatic heterocycles. The maximum Gasteiger partial charge on any atom is 0.192 e. The van der Waals surface area contributed by atoms with Crippen LogP contribution >= 0.6 is 0 Å². The molecule has 0 N–H and O–H groups in total. The van der Waals surface area contributed by atoms with Gasteiger partial charge >= 0.3 is 0 Å². The second kappa shape index (κ2) is 15.9. The molecule has 0 aliphatic carbocycles. The summed E-state index contributed by atoms with van der Waals surface area (Å²) in [6.07, 6.45) is -0.954. The molecular weight excluding hydrogens is 556 g/mol. The topological polar surface area (TPSA) is 55.4 Å². The molecule has 1 heterocycles. The first kappa shape index (κ1) is 33.3. The lowest BCUT2D eigenvalue weighted by Crippen LogP contribution is -2.62. The Labute approximate surface area is 259 Å². The lowest BCUT2D eigenvalue weighted by molar-refractivity contribution is -0.324. The van der Waals surface area contributed by atoms with E-state index in [2.05, 4.69) is 64.7 Å². The summed E-state index contributed by atoms with van der Waals surface area (Å²) in [5.41, 5.74) is 3.19. The van der Waals surface area contributed by atoms with Crippen LogP contribution in [0.1, 0.15) is 37.5 Å². The van der Waals surface area contributed by atoms with Gasteiger partial charge in [0, 0.05) is 0 Å². The van der Waals surface area contributed by atoms with Crippen LogP contribution < -0.4 is 0 Å². The minimum absolute atomic E-state index is 0.0470. The maximum absolute atomic E-state index is 6.73. The van der Waals surface area contributed by atoms with Crippen molar-refractivity contribution < 1.29 is 28.1 Å². The van der Waals surface area contributed by atoms with E-state index < -0.39 is 39.0 Å². The third kappa shape index (κ3) is 9.68. The van der Waals surface area contributed by atoms with Gasteiger partial charge in [-0.15, -0.1) is 6.58 Å². The molecule has 0 amide bonds. The van der Waals surface area contributed by atoms with Gasteiger partial charge in [0.05, 0.1) is 33.0 Å². The molecule has 0 saturated carbocycles. The normalized spacial score (nSPS) is 22.8. The van der Waals surface area contributed by atoms with Gasteiger partial charge in [-0.1, -0.05) is 118 Å². The van der Waals surface area contributed by atoms with Crippen molar-refractivity contribution in [3.8, 4) is 0 Å². The first-order valence-electron chi connectivity index (χ1n) is 15.2. The van der Waals surface area contributed by atoms with Crippen LogP contribution in [0.25, 0.3) is 0 Å². The lowest BCUT2D eigenvalue weighted by atomic mass is 9.98. The predicted octanol–water partition coefficient (Wildman–Crippen LogP) is 7.69. The first-order valence-corrected chi connectivity index (χ1v) is 18.1. The number of ether oxygens (including phenoxy) is 5. The van der Waals surface area contributed by atoms with Crippen molar-refractivity contribution in [2.45, 2.75) is 89.4 Å². The highest BCUT2D eigenvalue weighted by Gasteiger charge is 2.50. The fourth-order valence-corrected chi connectivity index (χ4v) is 5.70. The van der Waals surface area contributed by atoms with E-state index in [1.165, 1.54) is 0 Å². The minimum atomic E-state index is -2.09. The molecule has 232 valence electrons. The standard InChI is InChI=1S/C36H48O6Si/c1-7-23-37-35-34(40-26-30-21-15-10-16-22-30)33(39-25-29-19-13-9-14-20-29)32(38-24-28-17-11-8-12-18-28)31(42-35)27-41-43(5,6)36(2,3)4/h7-22,31-35H,1,23-27H2,2-6H3/t31-,32-,33+,34-,35+/m0/s1. The van der Waals surface area contributed by atoms with E-state index in [9.17, 15) is 0 Å². The van der Waals surface area contributed by atoms with E-state index in [1.54, 1.807) is 6.08 Å². The fourth-order valence-electron chi connectivity index (χ4n) is 4.68. The van der Waals surface area contributed by atoms with E-state index in [4.69, 9.17) is 28.1 Å². The highest BCUT2D eigenvalue weighted by molar-refractivity contribution is 6.74. The molecule has 1 aliphatic rings. The van der Waals surface area contributed by atoms with Crippen LogP contribution in [-0.4, -0.2) is 52.2 Å². The van der Waals surface area contributed by atoms with Crippen LogP contribution in [0.15, 0.2) is 104 Å². The highest BCUT2D eigenvalue weighted by atomic mass is 28.4. The van der Waals surface area contributed by atoms with Crippen LogP contribution in [0.3, 0.4) is 0 Å². The van der Waals surface area contributed by atoms with Crippen LogP contribution in [0.4, 0.5) is 0 Å². The number of hydrogen-bond acceptors (Lipinski definition) is 6. The average Bonchev–Trinajstić information content (AvgIpc) is 3.01. The van der Waals surface area contributed by atoms with Gasteiger partial charge in [-0.3, -0.25) is 0 Å². The van der Waals surface area contributed by atoms with E-state index in [0.717, 1.165) is 16.7 Å². The lowest BCUT2D eigenvalue weighted by Gasteiger charge is -2.47. The Kier molecular flexibility index (Phi) is 12.3. The molecule has 6 nitrogen and oxygen atoms in total. The second-order valence-corrected chi connectivity index (χ2v) is 17.3. The molecule has 3 aromatic rings. The van der Waals surface area contributed by atoms with Gasteiger partial charge < -0.3 is 28.1 Å². The molecule has 43 heavy (non-hydrogen) atoms. The molecular formula is C36H48O6Si. The Morgan fingerprint density at radius 2 is 1.12 bits per heavy atom. The Balaban J connectivity index is 1.66.